The molecule has 2 amide bonds. The number of rotatable bonds is 0. The second-order valence-corrected chi connectivity index (χ2v) is 3.42. The van der Waals surface area contributed by atoms with Gasteiger partial charge in [-0.15, -0.1) is 12.4 Å². The summed E-state index contributed by atoms with van der Waals surface area (Å²) in [4.78, 5) is 15.1. The molecule has 0 unspecified atom stereocenters. The fourth-order valence-corrected chi connectivity index (χ4v) is 1.38. The third kappa shape index (κ3) is 3.04. The molecular formula is C8H18ClN3O. The van der Waals surface area contributed by atoms with E-state index in [1.165, 1.54) is 0 Å². The zero-order valence-electron chi connectivity index (χ0n) is 8.41. The van der Waals surface area contributed by atoms with Gasteiger partial charge >= 0.3 is 6.03 Å². The molecule has 4 nitrogen and oxygen atoms in total. The standard InChI is InChI=1S/C8H17N3O.ClH/c1-7-6-9-4-5-11(7)8(12)10(2)3;/h7,9H,4-6H2,1-3H3;1H/t7-;/m1./s1. The molecule has 1 aliphatic rings. The summed E-state index contributed by atoms with van der Waals surface area (Å²) in [6.45, 7) is 4.69. The first-order valence-electron chi connectivity index (χ1n) is 4.31. The van der Waals surface area contributed by atoms with E-state index in [-0.39, 0.29) is 18.4 Å². The van der Waals surface area contributed by atoms with Crippen LogP contribution < -0.4 is 5.32 Å². The van der Waals surface area contributed by atoms with Crippen LogP contribution in [0.3, 0.4) is 0 Å². The molecule has 0 aromatic heterocycles. The number of carbonyl (C=O) groups excluding carboxylic acids is 1. The van der Waals surface area contributed by atoms with E-state index in [9.17, 15) is 4.79 Å². The molecule has 0 spiro atoms. The first-order valence-corrected chi connectivity index (χ1v) is 4.31. The van der Waals surface area contributed by atoms with Gasteiger partial charge < -0.3 is 15.1 Å². The highest BCUT2D eigenvalue weighted by atomic mass is 35.5. The molecule has 0 bridgehead atoms. The van der Waals surface area contributed by atoms with Crippen molar-refractivity contribution in [3.8, 4) is 0 Å². The molecule has 1 saturated heterocycles. The van der Waals surface area contributed by atoms with Gasteiger partial charge in [0.1, 0.15) is 0 Å². The SMILES string of the molecule is C[C@@H]1CNCCN1C(=O)N(C)C.Cl. The van der Waals surface area contributed by atoms with Crippen LogP contribution in [-0.4, -0.2) is 55.6 Å². The predicted octanol–water partition coefficient (Wildman–Crippen LogP) is 0.384. The Kier molecular flexibility index (Phi) is 5.10. The van der Waals surface area contributed by atoms with E-state index in [2.05, 4.69) is 12.2 Å². The van der Waals surface area contributed by atoms with E-state index in [0.29, 0.717) is 6.04 Å². The Balaban J connectivity index is 0.00000144. The fourth-order valence-electron chi connectivity index (χ4n) is 1.38. The van der Waals surface area contributed by atoms with Crippen LogP contribution in [0.4, 0.5) is 4.79 Å². The lowest BCUT2D eigenvalue weighted by molar-refractivity contribution is 0.141. The number of carbonyl (C=O) groups is 1. The summed E-state index contributed by atoms with van der Waals surface area (Å²) in [6, 6.07) is 0.428. The van der Waals surface area contributed by atoms with Gasteiger partial charge in [-0.05, 0) is 6.92 Å². The van der Waals surface area contributed by atoms with E-state index in [1.807, 2.05) is 4.90 Å². The Morgan fingerprint density at radius 2 is 2.15 bits per heavy atom. The Bertz CT molecular complexity index is 175. The lowest BCUT2D eigenvalue weighted by Crippen LogP contribution is -2.54. The third-order valence-electron chi connectivity index (χ3n) is 2.13. The number of hydrogen-bond acceptors (Lipinski definition) is 2. The van der Waals surface area contributed by atoms with Crippen molar-refractivity contribution in [1.29, 1.82) is 0 Å². The van der Waals surface area contributed by atoms with Gasteiger partial charge in [0.05, 0.1) is 0 Å². The molecule has 1 heterocycles. The van der Waals surface area contributed by atoms with E-state index < -0.39 is 0 Å². The van der Waals surface area contributed by atoms with Gasteiger partial charge in [0, 0.05) is 39.8 Å². The molecule has 1 rings (SSSR count). The van der Waals surface area contributed by atoms with Gasteiger partial charge in [-0.2, -0.15) is 0 Å². The molecule has 5 heteroatoms. The molecule has 0 saturated carbocycles. The van der Waals surface area contributed by atoms with Crippen molar-refractivity contribution in [1.82, 2.24) is 15.1 Å². The Morgan fingerprint density at radius 3 is 2.62 bits per heavy atom. The molecule has 0 aromatic rings. The van der Waals surface area contributed by atoms with E-state index >= 15 is 0 Å². The fraction of sp³-hybridized carbons (Fsp3) is 0.875. The molecule has 1 fully saturated rings. The minimum atomic E-state index is 0. The van der Waals surface area contributed by atoms with Crippen molar-refractivity contribution in [2.75, 3.05) is 33.7 Å². The maximum atomic E-state index is 11.5. The summed E-state index contributed by atoms with van der Waals surface area (Å²) in [7, 11) is 3.58. The number of nitrogens with zero attached hydrogens (tertiary/aromatic N) is 2. The maximum absolute atomic E-state index is 11.5. The number of amides is 2. The number of urea groups is 1. The first-order chi connectivity index (χ1) is 5.63. The summed E-state index contributed by atoms with van der Waals surface area (Å²) in [6.07, 6.45) is 0. The zero-order chi connectivity index (χ0) is 9.14. The smallest absolute Gasteiger partial charge is 0.319 e. The van der Waals surface area contributed by atoms with Gasteiger partial charge in [-0.3, -0.25) is 0 Å². The highest BCUT2D eigenvalue weighted by Crippen LogP contribution is 2.04. The number of hydrogen-bond donors (Lipinski definition) is 1. The second-order valence-electron chi connectivity index (χ2n) is 3.42. The highest BCUT2D eigenvalue weighted by Gasteiger charge is 2.23. The largest absolute Gasteiger partial charge is 0.331 e. The summed E-state index contributed by atoms with van der Waals surface area (Å²) in [5, 5.41) is 3.25. The van der Waals surface area contributed by atoms with Gasteiger partial charge in [-0.1, -0.05) is 0 Å². The van der Waals surface area contributed by atoms with E-state index in [4.69, 9.17) is 0 Å². The molecule has 1 atom stereocenters. The first kappa shape index (κ1) is 12.5. The normalized spacial score (nSPS) is 22.1. The van der Waals surface area contributed by atoms with Crippen LogP contribution in [0.1, 0.15) is 6.92 Å². The van der Waals surface area contributed by atoms with Gasteiger partial charge in [0.2, 0.25) is 0 Å². The summed E-state index contributed by atoms with van der Waals surface area (Å²) in [5.41, 5.74) is 0. The van der Waals surface area contributed by atoms with Crippen molar-refractivity contribution >= 4 is 18.4 Å². The molecule has 0 aliphatic carbocycles. The van der Waals surface area contributed by atoms with Crippen LogP contribution >= 0.6 is 12.4 Å². The van der Waals surface area contributed by atoms with Crippen LogP contribution in [-0.2, 0) is 0 Å². The van der Waals surface area contributed by atoms with Crippen molar-refractivity contribution in [3.63, 3.8) is 0 Å². The monoisotopic (exact) mass is 207 g/mol. The lowest BCUT2D eigenvalue weighted by atomic mass is 10.2. The Hall–Kier alpha value is -0.480. The number of piperazine rings is 1. The average molecular weight is 208 g/mol. The summed E-state index contributed by atoms with van der Waals surface area (Å²) < 4.78 is 0. The Labute approximate surface area is 85.7 Å². The predicted molar refractivity (Wildman–Crippen MR) is 55.4 cm³/mol. The maximum Gasteiger partial charge on any atom is 0.319 e. The van der Waals surface area contributed by atoms with Crippen molar-refractivity contribution in [2.24, 2.45) is 0 Å². The Morgan fingerprint density at radius 1 is 1.54 bits per heavy atom. The van der Waals surface area contributed by atoms with Gasteiger partial charge in [0.15, 0.2) is 0 Å². The molecule has 1 aliphatic heterocycles. The van der Waals surface area contributed by atoms with Crippen LogP contribution in [0.25, 0.3) is 0 Å². The molecular weight excluding hydrogens is 190 g/mol. The highest BCUT2D eigenvalue weighted by molar-refractivity contribution is 5.85. The number of nitrogens with one attached hydrogen (secondary N) is 1. The van der Waals surface area contributed by atoms with Crippen molar-refractivity contribution in [2.45, 2.75) is 13.0 Å². The molecule has 1 N–H and O–H groups in total. The lowest BCUT2D eigenvalue weighted by Gasteiger charge is -2.35. The topological polar surface area (TPSA) is 35.6 Å². The van der Waals surface area contributed by atoms with Crippen molar-refractivity contribution < 1.29 is 4.79 Å². The van der Waals surface area contributed by atoms with E-state index in [1.54, 1.807) is 19.0 Å². The molecule has 0 aromatic carbocycles. The van der Waals surface area contributed by atoms with Crippen LogP contribution in [0, 0.1) is 0 Å². The van der Waals surface area contributed by atoms with E-state index in [0.717, 1.165) is 19.6 Å². The quantitative estimate of drug-likeness (QED) is 0.624. The van der Waals surface area contributed by atoms with Crippen molar-refractivity contribution in [3.05, 3.63) is 0 Å². The van der Waals surface area contributed by atoms with Gasteiger partial charge in [-0.25, -0.2) is 4.79 Å². The zero-order valence-corrected chi connectivity index (χ0v) is 9.23. The summed E-state index contributed by atoms with van der Waals surface area (Å²) in [5.74, 6) is 0. The van der Waals surface area contributed by atoms with Gasteiger partial charge in [0.25, 0.3) is 0 Å². The molecule has 13 heavy (non-hydrogen) atoms. The average Bonchev–Trinajstić information content (AvgIpc) is 2.04. The van der Waals surface area contributed by atoms with Crippen LogP contribution in [0.2, 0.25) is 0 Å². The van der Waals surface area contributed by atoms with Crippen LogP contribution in [0.15, 0.2) is 0 Å². The third-order valence-corrected chi connectivity index (χ3v) is 2.13. The minimum absolute atomic E-state index is 0. The number of halogens is 1. The summed E-state index contributed by atoms with van der Waals surface area (Å²) >= 11 is 0. The molecule has 0 radical (unpaired) electrons. The minimum Gasteiger partial charge on any atom is -0.331 e. The second kappa shape index (κ2) is 5.29. The van der Waals surface area contributed by atoms with Crippen LogP contribution in [0.5, 0.6) is 0 Å². The molecule has 78 valence electrons.